The topological polar surface area (TPSA) is 0 Å². The Labute approximate surface area is 187 Å². The molecule has 0 rings (SSSR count). The van der Waals surface area contributed by atoms with Gasteiger partial charge in [-0.1, -0.05) is 181 Å². The van der Waals surface area contributed by atoms with Crippen LogP contribution in [0.1, 0.15) is 174 Å². The molecule has 0 aliphatic heterocycles. The zero-order chi connectivity index (χ0) is 21.3. The normalized spacial score (nSPS) is 12.5. The van der Waals surface area contributed by atoms with Crippen molar-refractivity contribution in [2.75, 3.05) is 0 Å². The van der Waals surface area contributed by atoms with Crippen LogP contribution in [-0.2, 0) is 0 Å². The van der Waals surface area contributed by atoms with Crippen LogP contribution in [-0.4, -0.2) is 0 Å². The SMILES string of the molecule is [CH2]CC(CCCCCCC)CCCCCCCCCCCCCCCCCCC. The lowest BCUT2D eigenvalue weighted by Gasteiger charge is -2.14. The highest BCUT2D eigenvalue weighted by Crippen LogP contribution is 2.21. The second kappa shape index (κ2) is 26.0. The monoisotopic (exact) mass is 407 g/mol. The van der Waals surface area contributed by atoms with Crippen molar-refractivity contribution in [3.05, 3.63) is 6.92 Å². The maximum absolute atomic E-state index is 4.20. The summed E-state index contributed by atoms with van der Waals surface area (Å²) >= 11 is 0. The molecule has 0 heteroatoms. The molecule has 0 fully saturated rings. The van der Waals surface area contributed by atoms with Crippen LogP contribution in [0.2, 0.25) is 0 Å². The molecule has 0 nitrogen and oxygen atoms in total. The lowest BCUT2D eigenvalue weighted by Crippen LogP contribution is -1.99. The summed E-state index contributed by atoms with van der Waals surface area (Å²) in [7, 11) is 0. The van der Waals surface area contributed by atoms with E-state index in [0.717, 1.165) is 12.3 Å². The second-order valence-electron chi connectivity index (χ2n) is 9.80. The van der Waals surface area contributed by atoms with E-state index in [2.05, 4.69) is 20.8 Å². The molecule has 0 heterocycles. The Balaban J connectivity index is 3.18. The lowest BCUT2D eigenvalue weighted by molar-refractivity contribution is 0.405. The molecule has 0 spiro atoms. The Morgan fingerprint density at radius 3 is 0.862 bits per heavy atom. The zero-order valence-electron chi connectivity index (χ0n) is 21.0. The summed E-state index contributed by atoms with van der Waals surface area (Å²) < 4.78 is 0. The fourth-order valence-corrected chi connectivity index (χ4v) is 4.63. The number of hydrogen-bond donors (Lipinski definition) is 0. The molecule has 1 radical (unpaired) electrons. The maximum Gasteiger partial charge on any atom is -0.0414 e. The van der Waals surface area contributed by atoms with E-state index in [9.17, 15) is 0 Å². The minimum absolute atomic E-state index is 0.910. The van der Waals surface area contributed by atoms with E-state index in [1.807, 2.05) is 0 Å². The van der Waals surface area contributed by atoms with Crippen molar-refractivity contribution in [2.24, 2.45) is 5.92 Å². The average molecular weight is 408 g/mol. The van der Waals surface area contributed by atoms with Crippen molar-refractivity contribution in [2.45, 2.75) is 174 Å². The first-order valence-electron chi connectivity index (χ1n) is 14.1. The molecule has 0 saturated carbocycles. The maximum atomic E-state index is 4.20. The third kappa shape index (κ3) is 24.1. The molecular formula is C29H59. The molecule has 1 atom stereocenters. The van der Waals surface area contributed by atoms with Crippen LogP contribution >= 0.6 is 0 Å². The van der Waals surface area contributed by atoms with Gasteiger partial charge in [-0.05, 0) is 5.92 Å². The molecule has 0 aromatic heterocycles. The average Bonchev–Trinajstić information content (AvgIpc) is 2.74. The standard InChI is InChI=1S/C29H59/c1-4-7-9-11-12-13-14-15-16-17-18-19-20-21-22-24-26-28-29(6-3)27-25-23-10-8-5-2/h29H,3-28H2,1-2H3. The number of unbranched alkanes of at least 4 members (excludes halogenated alkanes) is 20. The predicted octanol–water partition coefficient (Wildman–Crippen LogP) is 11.2. The molecule has 0 aromatic carbocycles. The van der Waals surface area contributed by atoms with Crippen molar-refractivity contribution in [3.8, 4) is 0 Å². The molecule has 29 heavy (non-hydrogen) atoms. The van der Waals surface area contributed by atoms with Gasteiger partial charge in [0.15, 0.2) is 0 Å². The van der Waals surface area contributed by atoms with Crippen molar-refractivity contribution in [1.29, 1.82) is 0 Å². The van der Waals surface area contributed by atoms with Crippen molar-refractivity contribution in [3.63, 3.8) is 0 Å². The van der Waals surface area contributed by atoms with Gasteiger partial charge in [0.1, 0.15) is 0 Å². The summed E-state index contributed by atoms with van der Waals surface area (Å²) in [6, 6.07) is 0. The van der Waals surface area contributed by atoms with Crippen LogP contribution < -0.4 is 0 Å². The molecule has 0 amide bonds. The molecule has 1 unspecified atom stereocenters. The van der Waals surface area contributed by atoms with E-state index in [1.165, 1.54) is 154 Å². The van der Waals surface area contributed by atoms with Gasteiger partial charge in [0, 0.05) is 0 Å². The van der Waals surface area contributed by atoms with Crippen molar-refractivity contribution >= 4 is 0 Å². The highest BCUT2D eigenvalue weighted by Gasteiger charge is 2.05. The van der Waals surface area contributed by atoms with Gasteiger partial charge in [-0.15, -0.1) is 0 Å². The predicted molar refractivity (Wildman–Crippen MR) is 136 cm³/mol. The Bertz CT molecular complexity index is 269. The van der Waals surface area contributed by atoms with Crippen LogP contribution in [0.3, 0.4) is 0 Å². The third-order valence-corrected chi connectivity index (χ3v) is 6.84. The Morgan fingerprint density at radius 1 is 0.379 bits per heavy atom. The molecule has 0 saturated heterocycles. The largest absolute Gasteiger partial charge is 0.0654 e. The van der Waals surface area contributed by atoms with Gasteiger partial charge in [0.25, 0.3) is 0 Å². The van der Waals surface area contributed by atoms with Crippen molar-refractivity contribution < 1.29 is 0 Å². The molecule has 0 N–H and O–H groups in total. The van der Waals surface area contributed by atoms with Crippen molar-refractivity contribution in [1.82, 2.24) is 0 Å². The Hall–Kier alpha value is 0. The summed E-state index contributed by atoms with van der Waals surface area (Å²) in [6.07, 6.45) is 36.1. The fraction of sp³-hybridized carbons (Fsp3) is 0.966. The van der Waals surface area contributed by atoms with E-state index in [4.69, 9.17) is 0 Å². The number of hydrogen-bond acceptors (Lipinski definition) is 0. The molecule has 0 aliphatic rings. The molecular weight excluding hydrogens is 348 g/mol. The highest BCUT2D eigenvalue weighted by molar-refractivity contribution is 4.62. The molecule has 0 aromatic rings. The van der Waals surface area contributed by atoms with Gasteiger partial charge < -0.3 is 0 Å². The van der Waals surface area contributed by atoms with Crippen LogP contribution in [0.4, 0.5) is 0 Å². The molecule has 175 valence electrons. The third-order valence-electron chi connectivity index (χ3n) is 6.84. The highest BCUT2D eigenvalue weighted by atomic mass is 14.1. The van der Waals surface area contributed by atoms with Crippen LogP contribution in [0.15, 0.2) is 0 Å². The van der Waals surface area contributed by atoms with E-state index in [0.29, 0.717) is 0 Å². The summed E-state index contributed by atoms with van der Waals surface area (Å²) in [6.45, 7) is 8.80. The minimum Gasteiger partial charge on any atom is -0.0654 e. The Morgan fingerprint density at radius 2 is 0.621 bits per heavy atom. The first kappa shape index (κ1) is 29.0. The summed E-state index contributed by atoms with van der Waals surface area (Å²) in [5, 5.41) is 0. The van der Waals surface area contributed by atoms with Crippen LogP contribution in [0.25, 0.3) is 0 Å². The van der Waals surface area contributed by atoms with Gasteiger partial charge >= 0.3 is 0 Å². The van der Waals surface area contributed by atoms with Gasteiger partial charge in [-0.25, -0.2) is 0 Å². The second-order valence-corrected chi connectivity index (χ2v) is 9.80. The van der Waals surface area contributed by atoms with Crippen LogP contribution in [0.5, 0.6) is 0 Å². The zero-order valence-corrected chi connectivity index (χ0v) is 21.0. The quantitative estimate of drug-likeness (QED) is 0.132. The first-order chi connectivity index (χ1) is 14.3. The van der Waals surface area contributed by atoms with E-state index in [1.54, 1.807) is 0 Å². The fourth-order valence-electron chi connectivity index (χ4n) is 4.63. The van der Waals surface area contributed by atoms with E-state index in [-0.39, 0.29) is 0 Å². The first-order valence-corrected chi connectivity index (χ1v) is 14.1. The van der Waals surface area contributed by atoms with Gasteiger partial charge in [-0.3, -0.25) is 0 Å². The lowest BCUT2D eigenvalue weighted by atomic mass is 9.92. The summed E-state index contributed by atoms with van der Waals surface area (Å²) in [5.74, 6) is 0.910. The van der Waals surface area contributed by atoms with Gasteiger partial charge in [-0.2, -0.15) is 0 Å². The van der Waals surface area contributed by atoms with Crippen LogP contribution in [0, 0.1) is 12.8 Å². The molecule has 0 bridgehead atoms. The summed E-state index contributed by atoms with van der Waals surface area (Å²) in [5.41, 5.74) is 0. The van der Waals surface area contributed by atoms with E-state index >= 15 is 0 Å². The Kier molecular flexibility index (Phi) is 26.0. The van der Waals surface area contributed by atoms with E-state index < -0.39 is 0 Å². The molecule has 0 aliphatic carbocycles. The minimum atomic E-state index is 0.910. The smallest absolute Gasteiger partial charge is 0.0414 e. The van der Waals surface area contributed by atoms with Gasteiger partial charge in [0.05, 0.1) is 0 Å². The summed E-state index contributed by atoms with van der Waals surface area (Å²) in [4.78, 5) is 0. The number of rotatable bonds is 25. The van der Waals surface area contributed by atoms with Gasteiger partial charge in [0.2, 0.25) is 0 Å².